The van der Waals surface area contributed by atoms with Crippen LogP contribution in [0, 0.1) is 0 Å². The maximum atomic E-state index is 2.49. The number of hydrogen-bond donors (Lipinski definition) is 0. The third kappa shape index (κ3) is 1.15. The summed E-state index contributed by atoms with van der Waals surface area (Å²) in [7, 11) is 0. The van der Waals surface area contributed by atoms with Gasteiger partial charge in [-0.05, 0) is 24.3 Å². The normalized spacial score (nSPS) is 14.3. The lowest BCUT2D eigenvalue weighted by Crippen LogP contribution is -2.06. The van der Waals surface area contributed by atoms with Gasteiger partial charge in [0.1, 0.15) is 0 Å². The smallest absolute Gasteiger partial charge is 0.0742 e. The third-order valence-electron chi connectivity index (χ3n) is 4.36. The second-order valence-electron chi connectivity index (χ2n) is 5.45. The molecule has 2 aliphatic rings. The number of benzene rings is 3. The van der Waals surface area contributed by atoms with Crippen molar-refractivity contribution in [3.8, 4) is 5.69 Å². The molecule has 0 unspecified atom stereocenters. The van der Waals surface area contributed by atoms with Gasteiger partial charge in [-0.1, -0.05) is 53.9 Å². The average molecular weight is 303 g/mol. The van der Waals surface area contributed by atoms with Gasteiger partial charge in [-0.3, -0.25) is 0 Å². The van der Waals surface area contributed by atoms with E-state index in [9.17, 15) is 0 Å². The van der Waals surface area contributed by atoms with E-state index < -0.39 is 0 Å². The molecule has 0 saturated heterocycles. The van der Waals surface area contributed by atoms with Crippen molar-refractivity contribution in [3.63, 3.8) is 0 Å². The molecule has 3 heterocycles. The Labute approximate surface area is 130 Å². The largest absolute Gasteiger partial charge is 0.305 e. The summed E-state index contributed by atoms with van der Waals surface area (Å²) in [5, 5.41) is 2.75. The van der Waals surface area contributed by atoms with Gasteiger partial charge in [-0.2, -0.15) is 0 Å². The van der Waals surface area contributed by atoms with Crippen LogP contribution in [0.25, 0.3) is 27.5 Å². The lowest BCUT2D eigenvalue weighted by Gasteiger charge is -2.26. The summed E-state index contributed by atoms with van der Waals surface area (Å²) in [5.74, 6) is 0. The van der Waals surface area contributed by atoms with E-state index in [4.69, 9.17) is 0 Å². The highest BCUT2D eigenvalue weighted by Crippen LogP contribution is 2.54. The Morgan fingerprint density at radius 3 is 1.62 bits per heavy atom. The number of hydrogen-bond acceptors (Lipinski definition) is 2. The molecule has 4 aromatic rings. The lowest BCUT2D eigenvalue weighted by atomic mass is 10.1. The fraction of sp³-hybridized carbons (Fsp3) is 0. The summed E-state index contributed by atoms with van der Waals surface area (Å²) in [6.45, 7) is 0. The topological polar surface area (TPSA) is 4.93 Å². The molecule has 0 amide bonds. The quantitative estimate of drug-likeness (QED) is 0.354. The first-order valence-corrected chi connectivity index (χ1v) is 8.60. The minimum absolute atomic E-state index is 1.37. The Hall–Kier alpha value is -1.84. The molecule has 0 fully saturated rings. The number of para-hydroxylation sites is 3. The first kappa shape index (κ1) is 10.8. The van der Waals surface area contributed by atoms with Crippen LogP contribution in [0.2, 0.25) is 0 Å². The van der Waals surface area contributed by atoms with E-state index in [0.717, 1.165) is 0 Å². The molecule has 2 aliphatic heterocycles. The zero-order valence-corrected chi connectivity index (χ0v) is 12.6. The SMILES string of the molecule is c1cc2c3c(c1)Sc1cccc4c5cccc(c5n-3c14)S2. The summed E-state index contributed by atoms with van der Waals surface area (Å²) in [6, 6.07) is 20.0. The Bertz CT molecular complexity index is 1010. The Balaban J connectivity index is 2.04. The number of nitrogens with zero attached hydrogens (tertiary/aromatic N) is 1. The maximum Gasteiger partial charge on any atom is 0.0742 e. The van der Waals surface area contributed by atoms with Gasteiger partial charge < -0.3 is 4.57 Å². The van der Waals surface area contributed by atoms with Crippen LogP contribution in [0.15, 0.2) is 74.2 Å². The van der Waals surface area contributed by atoms with Gasteiger partial charge in [-0.15, -0.1) is 0 Å². The molecule has 3 heteroatoms. The van der Waals surface area contributed by atoms with Gasteiger partial charge in [0.05, 0.1) is 16.7 Å². The van der Waals surface area contributed by atoms with Gasteiger partial charge in [0.25, 0.3) is 0 Å². The molecule has 0 spiro atoms. The van der Waals surface area contributed by atoms with Crippen LogP contribution < -0.4 is 0 Å². The molecule has 0 radical (unpaired) electrons. The van der Waals surface area contributed by atoms with Crippen molar-refractivity contribution in [2.24, 2.45) is 0 Å². The van der Waals surface area contributed by atoms with E-state index in [0.29, 0.717) is 0 Å². The van der Waals surface area contributed by atoms with Crippen LogP contribution in [-0.2, 0) is 0 Å². The molecular weight excluding hydrogens is 294 g/mol. The number of fused-ring (bicyclic) bond motifs is 1. The van der Waals surface area contributed by atoms with Crippen molar-refractivity contribution >= 4 is 45.3 Å². The van der Waals surface area contributed by atoms with Crippen LogP contribution in [0.5, 0.6) is 0 Å². The van der Waals surface area contributed by atoms with Crippen LogP contribution in [0.1, 0.15) is 0 Å². The predicted molar refractivity (Wildman–Crippen MR) is 89.0 cm³/mol. The molecule has 3 aromatic carbocycles. The van der Waals surface area contributed by atoms with Gasteiger partial charge in [0.15, 0.2) is 0 Å². The highest BCUT2D eigenvalue weighted by atomic mass is 32.2. The van der Waals surface area contributed by atoms with E-state index in [2.05, 4.69) is 59.2 Å². The van der Waals surface area contributed by atoms with E-state index in [1.54, 1.807) is 0 Å². The molecule has 6 rings (SSSR count). The van der Waals surface area contributed by atoms with Crippen LogP contribution >= 0.6 is 23.5 Å². The first-order valence-electron chi connectivity index (χ1n) is 6.97. The molecule has 21 heavy (non-hydrogen) atoms. The summed E-state index contributed by atoms with van der Waals surface area (Å²) < 4.78 is 2.49. The van der Waals surface area contributed by atoms with E-state index in [1.165, 1.54) is 47.1 Å². The van der Waals surface area contributed by atoms with E-state index >= 15 is 0 Å². The van der Waals surface area contributed by atoms with E-state index in [1.807, 2.05) is 23.5 Å². The molecule has 1 nitrogen and oxygen atoms in total. The zero-order valence-electron chi connectivity index (χ0n) is 11.0. The van der Waals surface area contributed by atoms with Crippen LogP contribution in [-0.4, -0.2) is 4.57 Å². The predicted octanol–water partition coefficient (Wildman–Crippen LogP) is 5.71. The second kappa shape index (κ2) is 3.49. The zero-order chi connectivity index (χ0) is 13.6. The maximum absolute atomic E-state index is 2.49. The molecule has 0 aliphatic carbocycles. The van der Waals surface area contributed by atoms with Crippen molar-refractivity contribution in [2.45, 2.75) is 19.6 Å². The van der Waals surface area contributed by atoms with Crippen molar-refractivity contribution in [3.05, 3.63) is 54.6 Å². The van der Waals surface area contributed by atoms with Crippen LogP contribution in [0.3, 0.4) is 0 Å². The number of aromatic nitrogens is 1. The summed E-state index contributed by atoms with van der Waals surface area (Å²) in [5.41, 5.74) is 4.14. The van der Waals surface area contributed by atoms with Crippen molar-refractivity contribution in [2.75, 3.05) is 0 Å². The second-order valence-corrected chi connectivity index (χ2v) is 7.61. The first-order chi connectivity index (χ1) is 10.4. The lowest BCUT2D eigenvalue weighted by molar-refractivity contribution is 1.02. The van der Waals surface area contributed by atoms with Crippen molar-refractivity contribution < 1.29 is 0 Å². The van der Waals surface area contributed by atoms with Crippen LogP contribution in [0.4, 0.5) is 0 Å². The minimum atomic E-state index is 1.37. The van der Waals surface area contributed by atoms with Gasteiger partial charge in [-0.25, -0.2) is 0 Å². The minimum Gasteiger partial charge on any atom is -0.305 e. The van der Waals surface area contributed by atoms with Gasteiger partial charge in [0, 0.05) is 30.4 Å². The number of rotatable bonds is 0. The van der Waals surface area contributed by atoms with E-state index in [-0.39, 0.29) is 0 Å². The monoisotopic (exact) mass is 303 g/mol. The Morgan fingerprint density at radius 2 is 1.05 bits per heavy atom. The molecular formula is C18H9NS2. The molecule has 0 bridgehead atoms. The fourth-order valence-corrected chi connectivity index (χ4v) is 5.88. The fourth-order valence-electron chi connectivity index (χ4n) is 3.56. The molecule has 0 N–H and O–H groups in total. The average Bonchev–Trinajstić information content (AvgIpc) is 2.86. The Kier molecular flexibility index (Phi) is 1.80. The molecule has 1 aromatic heterocycles. The van der Waals surface area contributed by atoms with Crippen molar-refractivity contribution in [1.29, 1.82) is 0 Å². The third-order valence-corrected chi connectivity index (χ3v) is 6.56. The van der Waals surface area contributed by atoms with Gasteiger partial charge >= 0.3 is 0 Å². The Morgan fingerprint density at radius 1 is 0.571 bits per heavy atom. The molecule has 0 saturated carbocycles. The summed E-state index contributed by atoms with van der Waals surface area (Å²) >= 11 is 3.80. The van der Waals surface area contributed by atoms with Gasteiger partial charge in [0.2, 0.25) is 0 Å². The highest BCUT2D eigenvalue weighted by Gasteiger charge is 2.29. The molecule has 98 valence electrons. The standard InChI is InChI=1S/C18H9NS2/c1-4-10-11-5-2-7-13-17(11)19-16(10)12(6-1)20-14-8-3-9-15(21-13)18(14)19/h1-9H. The van der Waals surface area contributed by atoms with Crippen molar-refractivity contribution in [1.82, 2.24) is 4.57 Å². The summed E-state index contributed by atoms with van der Waals surface area (Å²) in [6.07, 6.45) is 0. The molecule has 0 atom stereocenters. The summed E-state index contributed by atoms with van der Waals surface area (Å²) in [4.78, 5) is 5.47. The highest BCUT2D eigenvalue weighted by molar-refractivity contribution is 8.00.